The average molecular weight is 326 g/mol. The summed E-state index contributed by atoms with van der Waals surface area (Å²) in [6.07, 6.45) is 5.84. The number of benzene rings is 1. The molecule has 1 heterocycles. The first kappa shape index (κ1) is 18.3. The van der Waals surface area contributed by atoms with Crippen LogP contribution in [0.1, 0.15) is 56.4 Å². The third-order valence-corrected chi connectivity index (χ3v) is 4.31. The molecular formula is C21H30N2O. The van der Waals surface area contributed by atoms with Crippen molar-refractivity contribution < 1.29 is 4.79 Å². The number of hydrogen-bond donors (Lipinski definition) is 0. The zero-order valence-corrected chi connectivity index (χ0v) is 15.3. The van der Waals surface area contributed by atoms with Crippen LogP contribution in [0.4, 0.5) is 0 Å². The lowest BCUT2D eigenvalue weighted by atomic mass is 10.1. The van der Waals surface area contributed by atoms with Crippen molar-refractivity contribution >= 4 is 5.91 Å². The van der Waals surface area contributed by atoms with Crippen LogP contribution in [-0.2, 0) is 17.9 Å². The second-order valence-corrected chi connectivity index (χ2v) is 6.54. The van der Waals surface area contributed by atoms with Gasteiger partial charge in [-0.3, -0.25) is 4.79 Å². The lowest BCUT2D eigenvalue weighted by molar-refractivity contribution is -0.132. The fourth-order valence-electron chi connectivity index (χ4n) is 2.96. The highest BCUT2D eigenvalue weighted by Crippen LogP contribution is 2.13. The maximum Gasteiger partial charge on any atom is 0.222 e. The van der Waals surface area contributed by atoms with Gasteiger partial charge >= 0.3 is 0 Å². The van der Waals surface area contributed by atoms with Crippen LogP contribution in [0, 0.1) is 6.92 Å². The third kappa shape index (κ3) is 5.26. The van der Waals surface area contributed by atoms with Crippen LogP contribution >= 0.6 is 0 Å². The van der Waals surface area contributed by atoms with Gasteiger partial charge < -0.3 is 9.47 Å². The summed E-state index contributed by atoms with van der Waals surface area (Å²) in [4.78, 5) is 14.4. The zero-order chi connectivity index (χ0) is 17.4. The number of carbonyl (C=O) groups excluding carboxylic acids is 1. The summed E-state index contributed by atoms with van der Waals surface area (Å²) in [6.45, 7) is 8.77. The molecule has 0 bridgehead atoms. The summed E-state index contributed by atoms with van der Waals surface area (Å²) in [5.41, 5.74) is 3.79. The molecule has 0 N–H and O–H groups in total. The molecule has 3 heteroatoms. The molecule has 1 aromatic carbocycles. The van der Waals surface area contributed by atoms with Crippen molar-refractivity contribution in [1.82, 2.24) is 9.47 Å². The molecule has 0 radical (unpaired) electrons. The molecule has 0 spiro atoms. The second-order valence-electron chi connectivity index (χ2n) is 6.54. The maximum atomic E-state index is 12.4. The topological polar surface area (TPSA) is 25.2 Å². The summed E-state index contributed by atoms with van der Waals surface area (Å²) >= 11 is 0. The Kier molecular flexibility index (Phi) is 7.10. The number of aromatic nitrogens is 1. The SMILES string of the molecule is CCCCN(Cc1cccn1Cc1cccc(C)c1)C(=O)CCC. The molecule has 0 fully saturated rings. The minimum Gasteiger partial charge on any atom is -0.345 e. The van der Waals surface area contributed by atoms with E-state index in [1.807, 2.05) is 4.90 Å². The first-order valence-electron chi connectivity index (χ1n) is 9.11. The molecule has 130 valence electrons. The molecule has 3 nitrogen and oxygen atoms in total. The zero-order valence-electron chi connectivity index (χ0n) is 15.3. The Morgan fingerprint density at radius 1 is 1.12 bits per heavy atom. The van der Waals surface area contributed by atoms with Gasteiger partial charge in [-0.25, -0.2) is 0 Å². The van der Waals surface area contributed by atoms with E-state index in [-0.39, 0.29) is 5.91 Å². The summed E-state index contributed by atoms with van der Waals surface area (Å²) < 4.78 is 2.26. The van der Waals surface area contributed by atoms with Gasteiger partial charge in [0.1, 0.15) is 0 Å². The Labute approximate surface area is 146 Å². The first-order valence-corrected chi connectivity index (χ1v) is 9.11. The Hall–Kier alpha value is -2.03. The van der Waals surface area contributed by atoms with E-state index in [2.05, 4.69) is 67.9 Å². The van der Waals surface area contributed by atoms with E-state index in [1.54, 1.807) is 0 Å². The van der Waals surface area contributed by atoms with E-state index in [1.165, 1.54) is 16.8 Å². The van der Waals surface area contributed by atoms with E-state index in [0.29, 0.717) is 13.0 Å². The van der Waals surface area contributed by atoms with Crippen LogP contribution < -0.4 is 0 Å². The number of carbonyl (C=O) groups is 1. The molecule has 0 aliphatic carbocycles. The normalized spacial score (nSPS) is 10.8. The van der Waals surface area contributed by atoms with Crippen LogP contribution in [0.2, 0.25) is 0 Å². The van der Waals surface area contributed by atoms with Crippen molar-refractivity contribution in [1.29, 1.82) is 0 Å². The minimum atomic E-state index is 0.272. The fraction of sp³-hybridized carbons (Fsp3) is 0.476. The molecule has 0 saturated heterocycles. The number of aryl methyl sites for hydroxylation is 1. The molecule has 1 aromatic heterocycles. The van der Waals surface area contributed by atoms with Crippen LogP contribution in [0.25, 0.3) is 0 Å². The van der Waals surface area contributed by atoms with E-state index in [4.69, 9.17) is 0 Å². The molecule has 2 rings (SSSR count). The largest absolute Gasteiger partial charge is 0.345 e. The summed E-state index contributed by atoms with van der Waals surface area (Å²) in [7, 11) is 0. The minimum absolute atomic E-state index is 0.272. The smallest absolute Gasteiger partial charge is 0.222 e. The molecule has 0 unspecified atom stereocenters. The summed E-state index contributed by atoms with van der Waals surface area (Å²) in [5, 5.41) is 0. The molecular weight excluding hydrogens is 296 g/mol. The quantitative estimate of drug-likeness (QED) is 0.651. The van der Waals surface area contributed by atoms with E-state index >= 15 is 0 Å². The summed E-state index contributed by atoms with van der Waals surface area (Å²) in [6, 6.07) is 12.8. The summed E-state index contributed by atoms with van der Waals surface area (Å²) in [5.74, 6) is 0.272. The van der Waals surface area contributed by atoms with Crippen molar-refractivity contribution in [2.75, 3.05) is 6.54 Å². The van der Waals surface area contributed by atoms with Gasteiger partial charge in [0.15, 0.2) is 0 Å². The molecule has 0 saturated carbocycles. The van der Waals surface area contributed by atoms with Gasteiger partial charge in [-0.05, 0) is 37.5 Å². The average Bonchev–Trinajstić information content (AvgIpc) is 2.98. The Bertz CT molecular complexity index is 645. The van der Waals surface area contributed by atoms with Gasteiger partial charge in [-0.2, -0.15) is 0 Å². The van der Waals surface area contributed by atoms with Crippen molar-refractivity contribution in [3.63, 3.8) is 0 Å². The molecule has 1 amide bonds. The van der Waals surface area contributed by atoms with Crippen LogP contribution in [-0.4, -0.2) is 21.9 Å². The van der Waals surface area contributed by atoms with Crippen LogP contribution in [0.15, 0.2) is 42.6 Å². The van der Waals surface area contributed by atoms with Crippen LogP contribution in [0.3, 0.4) is 0 Å². The Morgan fingerprint density at radius 3 is 2.67 bits per heavy atom. The predicted molar refractivity (Wildman–Crippen MR) is 99.9 cm³/mol. The van der Waals surface area contributed by atoms with Gasteiger partial charge in [-0.1, -0.05) is 50.1 Å². The standard InChI is InChI=1S/C21H30N2O/c1-4-6-13-23(21(24)9-5-2)17-20-12-8-14-22(20)16-19-11-7-10-18(3)15-19/h7-8,10-12,14-15H,4-6,9,13,16-17H2,1-3H3. The fourth-order valence-corrected chi connectivity index (χ4v) is 2.96. The number of hydrogen-bond acceptors (Lipinski definition) is 1. The van der Waals surface area contributed by atoms with E-state index < -0.39 is 0 Å². The van der Waals surface area contributed by atoms with Gasteiger partial charge in [0.2, 0.25) is 5.91 Å². The molecule has 0 aliphatic rings. The third-order valence-electron chi connectivity index (χ3n) is 4.31. The van der Waals surface area contributed by atoms with Gasteiger partial charge in [0.25, 0.3) is 0 Å². The van der Waals surface area contributed by atoms with E-state index in [9.17, 15) is 4.79 Å². The maximum absolute atomic E-state index is 12.4. The number of nitrogens with zero attached hydrogens (tertiary/aromatic N) is 2. The van der Waals surface area contributed by atoms with Gasteiger partial charge in [0.05, 0.1) is 6.54 Å². The Balaban J connectivity index is 2.10. The molecule has 0 atom stereocenters. The number of unbranched alkanes of at least 4 members (excludes halogenated alkanes) is 1. The number of rotatable bonds is 9. The highest BCUT2D eigenvalue weighted by atomic mass is 16.2. The highest BCUT2D eigenvalue weighted by molar-refractivity contribution is 5.76. The van der Waals surface area contributed by atoms with Crippen molar-refractivity contribution in [2.45, 2.75) is 59.5 Å². The van der Waals surface area contributed by atoms with Gasteiger partial charge in [0, 0.05) is 31.4 Å². The van der Waals surface area contributed by atoms with Crippen LogP contribution in [0.5, 0.6) is 0 Å². The molecule has 0 aliphatic heterocycles. The van der Waals surface area contributed by atoms with Crippen molar-refractivity contribution in [3.05, 3.63) is 59.4 Å². The molecule has 24 heavy (non-hydrogen) atoms. The van der Waals surface area contributed by atoms with Crippen molar-refractivity contribution in [3.8, 4) is 0 Å². The number of amides is 1. The van der Waals surface area contributed by atoms with E-state index in [0.717, 1.165) is 32.4 Å². The Morgan fingerprint density at radius 2 is 1.96 bits per heavy atom. The second kappa shape index (κ2) is 9.31. The highest BCUT2D eigenvalue weighted by Gasteiger charge is 2.14. The molecule has 2 aromatic rings. The lowest BCUT2D eigenvalue weighted by Gasteiger charge is -2.23. The lowest BCUT2D eigenvalue weighted by Crippen LogP contribution is -2.32. The van der Waals surface area contributed by atoms with Crippen molar-refractivity contribution in [2.24, 2.45) is 0 Å². The monoisotopic (exact) mass is 326 g/mol. The first-order chi connectivity index (χ1) is 11.6. The van der Waals surface area contributed by atoms with Gasteiger partial charge in [-0.15, -0.1) is 0 Å². The predicted octanol–water partition coefficient (Wildman–Crippen LogP) is 4.77.